The highest BCUT2D eigenvalue weighted by Crippen LogP contribution is 2.32. The van der Waals surface area contributed by atoms with Gasteiger partial charge in [-0.1, -0.05) is 43.2 Å². The van der Waals surface area contributed by atoms with E-state index in [0.717, 1.165) is 45.2 Å². The van der Waals surface area contributed by atoms with Crippen LogP contribution in [0.4, 0.5) is 0 Å². The van der Waals surface area contributed by atoms with Crippen LogP contribution in [0.15, 0.2) is 30.3 Å². The van der Waals surface area contributed by atoms with Crippen LogP contribution >= 0.6 is 0 Å². The predicted molar refractivity (Wildman–Crippen MR) is 87.0 cm³/mol. The average molecular weight is 288 g/mol. The van der Waals surface area contributed by atoms with Gasteiger partial charge in [-0.05, 0) is 38.7 Å². The van der Waals surface area contributed by atoms with Gasteiger partial charge in [0, 0.05) is 18.6 Å². The lowest BCUT2D eigenvalue weighted by molar-refractivity contribution is -0.138. The molecule has 0 bridgehead atoms. The normalized spacial score (nSPS) is 25.6. The molecule has 2 N–H and O–H groups in total. The molecular weight excluding hydrogens is 260 g/mol. The lowest BCUT2D eigenvalue weighted by Crippen LogP contribution is -2.54. The summed E-state index contributed by atoms with van der Waals surface area (Å²) in [7, 11) is 0. The van der Waals surface area contributed by atoms with Gasteiger partial charge in [-0.25, -0.2) is 0 Å². The Morgan fingerprint density at radius 2 is 2.05 bits per heavy atom. The summed E-state index contributed by atoms with van der Waals surface area (Å²) in [5, 5.41) is 0. The fraction of sp³-hybridized carbons (Fsp3) is 0.611. The predicted octanol–water partition coefficient (Wildman–Crippen LogP) is 2.99. The van der Waals surface area contributed by atoms with Crippen molar-refractivity contribution < 1.29 is 4.79 Å². The van der Waals surface area contributed by atoms with Gasteiger partial charge in [0.05, 0.1) is 5.92 Å². The van der Waals surface area contributed by atoms with Crippen LogP contribution in [0.5, 0.6) is 0 Å². The summed E-state index contributed by atoms with van der Waals surface area (Å²) < 4.78 is 0. The van der Waals surface area contributed by atoms with Crippen LogP contribution in [0.2, 0.25) is 0 Å². The molecule has 1 saturated carbocycles. The molecule has 21 heavy (non-hydrogen) atoms. The van der Waals surface area contributed by atoms with Crippen molar-refractivity contribution in [2.24, 2.45) is 11.7 Å². The van der Waals surface area contributed by atoms with Gasteiger partial charge < -0.3 is 10.6 Å². The standard InChI is InChI=1S/C18H28N2O/c1-3-20(14-12-15-9-5-4-6-10-15)17(21)16-11-7-8-13-18(16,2)19/h4-6,9-10,16H,3,7-8,11-14,19H2,1-2H3. The minimum absolute atomic E-state index is 0.0121. The third-order valence-corrected chi connectivity index (χ3v) is 4.76. The van der Waals surface area contributed by atoms with Gasteiger partial charge in [0.25, 0.3) is 0 Å². The van der Waals surface area contributed by atoms with E-state index in [2.05, 4.69) is 19.1 Å². The molecule has 2 unspecified atom stereocenters. The van der Waals surface area contributed by atoms with Crippen molar-refractivity contribution in [3.05, 3.63) is 35.9 Å². The number of rotatable bonds is 5. The highest BCUT2D eigenvalue weighted by molar-refractivity contribution is 5.80. The van der Waals surface area contributed by atoms with E-state index in [1.165, 1.54) is 5.56 Å². The van der Waals surface area contributed by atoms with Gasteiger partial charge in [-0.3, -0.25) is 4.79 Å². The smallest absolute Gasteiger partial charge is 0.227 e. The van der Waals surface area contributed by atoms with Crippen molar-refractivity contribution in [2.75, 3.05) is 13.1 Å². The number of hydrogen-bond acceptors (Lipinski definition) is 2. The van der Waals surface area contributed by atoms with Crippen molar-refractivity contribution in [3.63, 3.8) is 0 Å². The van der Waals surface area contributed by atoms with Crippen molar-refractivity contribution in [2.45, 2.75) is 51.5 Å². The van der Waals surface area contributed by atoms with Crippen LogP contribution in [0.25, 0.3) is 0 Å². The van der Waals surface area contributed by atoms with E-state index >= 15 is 0 Å². The summed E-state index contributed by atoms with van der Waals surface area (Å²) in [6.45, 7) is 5.64. The second-order valence-electron chi connectivity index (χ2n) is 6.46. The van der Waals surface area contributed by atoms with Crippen LogP contribution in [-0.2, 0) is 11.2 Å². The Labute approximate surface area is 128 Å². The molecular formula is C18H28N2O. The zero-order valence-electron chi connectivity index (χ0n) is 13.3. The summed E-state index contributed by atoms with van der Waals surface area (Å²) in [6, 6.07) is 10.4. The molecule has 3 nitrogen and oxygen atoms in total. The molecule has 1 aromatic carbocycles. The summed E-state index contributed by atoms with van der Waals surface area (Å²) >= 11 is 0. The SMILES string of the molecule is CCN(CCc1ccccc1)C(=O)C1CCCCC1(C)N. The molecule has 1 aliphatic rings. The van der Waals surface area contributed by atoms with E-state index in [4.69, 9.17) is 5.73 Å². The van der Waals surface area contributed by atoms with Crippen LogP contribution in [0, 0.1) is 5.92 Å². The molecule has 0 radical (unpaired) electrons. The number of nitrogens with two attached hydrogens (primary N) is 1. The van der Waals surface area contributed by atoms with Gasteiger partial charge in [-0.15, -0.1) is 0 Å². The topological polar surface area (TPSA) is 46.3 Å². The van der Waals surface area contributed by atoms with Crippen molar-refractivity contribution in [1.82, 2.24) is 4.90 Å². The Morgan fingerprint density at radius 3 is 2.67 bits per heavy atom. The monoisotopic (exact) mass is 288 g/mol. The molecule has 0 aromatic heterocycles. The fourth-order valence-corrected chi connectivity index (χ4v) is 3.32. The average Bonchev–Trinajstić information content (AvgIpc) is 2.48. The first kappa shape index (κ1) is 16.0. The lowest BCUT2D eigenvalue weighted by atomic mass is 9.74. The Morgan fingerprint density at radius 1 is 1.33 bits per heavy atom. The second-order valence-corrected chi connectivity index (χ2v) is 6.46. The van der Waals surface area contributed by atoms with Gasteiger partial charge in [0.1, 0.15) is 0 Å². The van der Waals surface area contributed by atoms with E-state index in [1.807, 2.05) is 30.0 Å². The Hall–Kier alpha value is -1.35. The number of benzene rings is 1. The van der Waals surface area contributed by atoms with E-state index in [9.17, 15) is 4.79 Å². The summed E-state index contributed by atoms with van der Waals surface area (Å²) in [5.41, 5.74) is 7.32. The molecule has 0 spiro atoms. The summed E-state index contributed by atoms with van der Waals surface area (Å²) in [5.74, 6) is 0.236. The maximum Gasteiger partial charge on any atom is 0.227 e. The lowest BCUT2D eigenvalue weighted by Gasteiger charge is -2.39. The van der Waals surface area contributed by atoms with Crippen molar-refractivity contribution in [1.29, 1.82) is 0 Å². The Bertz CT molecular complexity index is 456. The van der Waals surface area contributed by atoms with Gasteiger partial charge in [0.15, 0.2) is 0 Å². The number of nitrogens with zero attached hydrogens (tertiary/aromatic N) is 1. The third kappa shape index (κ3) is 4.07. The molecule has 1 aliphatic carbocycles. The molecule has 2 atom stereocenters. The molecule has 0 heterocycles. The van der Waals surface area contributed by atoms with Crippen LogP contribution in [0.3, 0.4) is 0 Å². The molecule has 1 aromatic rings. The van der Waals surface area contributed by atoms with Crippen molar-refractivity contribution in [3.8, 4) is 0 Å². The summed E-state index contributed by atoms with van der Waals surface area (Å²) in [4.78, 5) is 14.8. The quantitative estimate of drug-likeness (QED) is 0.905. The highest BCUT2D eigenvalue weighted by Gasteiger charge is 2.39. The minimum atomic E-state index is -0.338. The number of hydrogen-bond donors (Lipinski definition) is 1. The number of likely N-dealkylation sites (N-methyl/N-ethyl adjacent to an activating group) is 1. The molecule has 1 fully saturated rings. The zero-order valence-corrected chi connectivity index (χ0v) is 13.3. The first-order chi connectivity index (χ1) is 10.0. The molecule has 116 valence electrons. The molecule has 0 saturated heterocycles. The Kier molecular flexibility index (Phi) is 5.40. The number of carbonyl (C=O) groups is 1. The van der Waals surface area contributed by atoms with Gasteiger partial charge >= 0.3 is 0 Å². The zero-order chi connectivity index (χ0) is 15.3. The maximum absolute atomic E-state index is 12.8. The van der Waals surface area contributed by atoms with Gasteiger partial charge in [0.2, 0.25) is 5.91 Å². The maximum atomic E-state index is 12.8. The molecule has 0 aliphatic heterocycles. The summed E-state index contributed by atoms with van der Waals surface area (Å²) in [6.07, 6.45) is 5.08. The third-order valence-electron chi connectivity index (χ3n) is 4.76. The van der Waals surface area contributed by atoms with Crippen molar-refractivity contribution >= 4 is 5.91 Å². The van der Waals surface area contributed by atoms with E-state index in [1.54, 1.807) is 0 Å². The largest absolute Gasteiger partial charge is 0.342 e. The van der Waals surface area contributed by atoms with E-state index in [0.29, 0.717) is 0 Å². The first-order valence-corrected chi connectivity index (χ1v) is 8.16. The van der Waals surface area contributed by atoms with Gasteiger partial charge in [-0.2, -0.15) is 0 Å². The fourth-order valence-electron chi connectivity index (χ4n) is 3.32. The highest BCUT2D eigenvalue weighted by atomic mass is 16.2. The minimum Gasteiger partial charge on any atom is -0.342 e. The van der Waals surface area contributed by atoms with E-state index in [-0.39, 0.29) is 17.4 Å². The second kappa shape index (κ2) is 7.08. The Balaban J connectivity index is 1.98. The van der Waals surface area contributed by atoms with Crippen LogP contribution in [0.1, 0.15) is 45.1 Å². The number of carbonyl (C=O) groups excluding carboxylic acids is 1. The van der Waals surface area contributed by atoms with Crippen LogP contribution in [-0.4, -0.2) is 29.4 Å². The molecule has 3 heteroatoms. The first-order valence-electron chi connectivity index (χ1n) is 8.16. The van der Waals surface area contributed by atoms with Crippen LogP contribution < -0.4 is 5.73 Å². The molecule has 1 amide bonds. The van der Waals surface area contributed by atoms with E-state index < -0.39 is 0 Å². The molecule has 2 rings (SSSR count). The number of amides is 1.